The average molecular weight is 411 g/mol. The van der Waals surface area contributed by atoms with Crippen molar-refractivity contribution in [1.29, 1.82) is 5.26 Å². The van der Waals surface area contributed by atoms with E-state index in [1.165, 1.54) is 4.90 Å². The van der Waals surface area contributed by atoms with E-state index < -0.39 is 0 Å². The second-order valence-electron chi connectivity index (χ2n) is 7.53. The average Bonchev–Trinajstić information content (AvgIpc) is 3.13. The molecule has 2 aromatic rings. The highest BCUT2D eigenvalue weighted by Gasteiger charge is 2.33. The molecule has 8 heteroatoms. The van der Waals surface area contributed by atoms with Crippen molar-refractivity contribution in [2.75, 3.05) is 51.9 Å². The summed E-state index contributed by atoms with van der Waals surface area (Å²) in [5, 5.41) is 12.9. The van der Waals surface area contributed by atoms with Crippen molar-refractivity contribution in [1.82, 2.24) is 4.98 Å². The number of hydrogen-bond acceptors (Lipinski definition) is 7. The first-order valence-electron chi connectivity index (χ1n) is 10.2. The maximum absolute atomic E-state index is 9.77. The van der Waals surface area contributed by atoms with Crippen LogP contribution in [-0.4, -0.2) is 51.5 Å². The maximum atomic E-state index is 9.77. The van der Waals surface area contributed by atoms with Gasteiger partial charge in [0, 0.05) is 12.6 Å². The number of fused-ring (bicyclic) bond motifs is 1. The Morgan fingerprint density at radius 1 is 1.27 bits per heavy atom. The summed E-state index contributed by atoms with van der Waals surface area (Å²) >= 11 is 0. The van der Waals surface area contributed by atoms with Crippen LogP contribution in [0.4, 0.5) is 5.88 Å². The van der Waals surface area contributed by atoms with Crippen LogP contribution in [-0.2, 0) is 4.74 Å². The fourth-order valence-electron chi connectivity index (χ4n) is 3.99. The van der Waals surface area contributed by atoms with Gasteiger partial charge in [0.1, 0.15) is 31.9 Å². The molecular weight excluding hydrogens is 384 g/mol. The zero-order valence-electron chi connectivity index (χ0n) is 17.6. The lowest BCUT2D eigenvalue weighted by atomic mass is 9.85. The van der Waals surface area contributed by atoms with Crippen LogP contribution >= 0.6 is 0 Å². The van der Waals surface area contributed by atoms with Gasteiger partial charge in [0.05, 0.1) is 37.9 Å². The largest absolute Gasteiger partial charge is 0.493 e. The number of aromatic nitrogens is 1. The molecule has 1 atom stereocenters. The van der Waals surface area contributed by atoms with Crippen molar-refractivity contribution in [3.05, 3.63) is 46.6 Å². The predicted octanol–water partition coefficient (Wildman–Crippen LogP) is 1.64. The first-order chi connectivity index (χ1) is 14.6. The molecule has 0 aliphatic carbocycles. The molecule has 0 unspecified atom stereocenters. The van der Waals surface area contributed by atoms with Crippen molar-refractivity contribution in [2.24, 2.45) is 0 Å². The summed E-state index contributed by atoms with van der Waals surface area (Å²) in [5.41, 5.74) is 2.99. The van der Waals surface area contributed by atoms with Crippen molar-refractivity contribution >= 4 is 5.88 Å². The minimum absolute atomic E-state index is 0.315. The lowest BCUT2D eigenvalue weighted by Crippen LogP contribution is -3.14. The SMILES string of the molecule is COc1cc([C@H]2C(C#N)=C(C)Nc3oc(C)nc32)ccc1OCC[NH+]1CCOCC1. The molecule has 1 aromatic heterocycles. The van der Waals surface area contributed by atoms with Gasteiger partial charge in [0.2, 0.25) is 5.88 Å². The van der Waals surface area contributed by atoms with Gasteiger partial charge in [-0.1, -0.05) is 6.07 Å². The van der Waals surface area contributed by atoms with Crippen LogP contribution in [0.2, 0.25) is 0 Å². The van der Waals surface area contributed by atoms with Gasteiger partial charge in [0.15, 0.2) is 17.4 Å². The Kier molecular flexibility index (Phi) is 5.93. The fourth-order valence-corrected chi connectivity index (χ4v) is 3.99. The van der Waals surface area contributed by atoms with E-state index in [0.29, 0.717) is 41.1 Å². The first kappa shape index (κ1) is 20.3. The Morgan fingerprint density at radius 2 is 2.07 bits per heavy atom. The van der Waals surface area contributed by atoms with Gasteiger partial charge in [-0.25, -0.2) is 4.98 Å². The molecular formula is C22H27N4O4+. The van der Waals surface area contributed by atoms with Gasteiger partial charge in [0.25, 0.3) is 0 Å². The quantitative estimate of drug-likeness (QED) is 0.746. The molecule has 2 aliphatic rings. The third kappa shape index (κ3) is 3.99. The van der Waals surface area contributed by atoms with E-state index in [9.17, 15) is 5.26 Å². The smallest absolute Gasteiger partial charge is 0.222 e. The fraction of sp³-hybridized carbons (Fsp3) is 0.455. The van der Waals surface area contributed by atoms with Crippen molar-refractivity contribution in [2.45, 2.75) is 19.8 Å². The second-order valence-corrected chi connectivity index (χ2v) is 7.53. The van der Waals surface area contributed by atoms with Crippen molar-refractivity contribution in [3.63, 3.8) is 0 Å². The van der Waals surface area contributed by atoms with Crippen LogP contribution in [0.5, 0.6) is 11.5 Å². The van der Waals surface area contributed by atoms with Gasteiger partial charge in [-0.15, -0.1) is 0 Å². The van der Waals surface area contributed by atoms with E-state index >= 15 is 0 Å². The van der Waals surface area contributed by atoms with E-state index in [0.717, 1.165) is 44.1 Å². The van der Waals surface area contributed by atoms with Gasteiger partial charge in [-0.05, 0) is 24.6 Å². The number of benzene rings is 1. The molecule has 1 aromatic carbocycles. The summed E-state index contributed by atoms with van der Waals surface area (Å²) in [5.74, 6) is 2.16. The minimum Gasteiger partial charge on any atom is -0.493 e. The second kappa shape index (κ2) is 8.78. The number of anilines is 1. The monoisotopic (exact) mass is 411 g/mol. The summed E-state index contributed by atoms with van der Waals surface area (Å²) < 4.78 is 22.7. The van der Waals surface area contributed by atoms with Crippen LogP contribution in [0.25, 0.3) is 0 Å². The van der Waals surface area contributed by atoms with Gasteiger partial charge >= 0.3 is 0 Å². The molecule has 2 N–H and O–H groups in total. The standard InChI is InChI=1S/C22H26N4O4/c1-14-17(13-23)20(21-22(24-14)30-15(2)25-21)16-4-5-18(19(12-16)27-3)29-11-8-26-6-9-28-10-7-26/h4-5,12,20,24H,6-11H2,1-3H3/p+1/t20-/m0/s1. The summed E-state index contributed by atoms with van der Waals surface area (Å²) in [4.78, 5) is 6.01. The minimum atomic E-state index is -0.315. The van der Waals surface area contributed by atoms with E-state index in [4.69, 9.17) is 18.6 Å². The van der Waals surface area contributed by atoms with Crippen molar-refractivity contribution < 1.29 is 23.5 Å². The molecule has 0 saturated carbocycles. The van der Waals surface area contributed by atoms with Gasteiger partial charge < -0.3 is 28.8 Å². The Labute approximate surface area is 176 Å². The normalized spacial score (nSPS) is 19.1. The number of nitrogens with zero attached hydrogens (tertiary/aromatic N) is 2. The molecule has 0 bridgehead atoms. The summed E-state index contributed by atoms with van der Waals surface area (Å²) in [7, 11) is 1.62. The van der Waals surface area contributed by atoms with Crippen LogP contribution < -0.4 is 19.7 Å². The number of rotatable bonds is 6. The molecule has 0 radical (unpaired) electrons. The molecule has 2 aliphatic heterocycles. The lowest BCUT2D eigenvalue weighted by molar-refractivity contribution is -0.908. The molecule has 1 saturated heterocycles. The number of morpholine rings is 1. The lowest BCUT2D eigenvalue weighted by Gasteiger charge is -2.24. The molecule has 4 rings (SSSR count). The predicted molar refractivity (Wildman–Crippen MR) is 110 cm³/mol. The highest BCUT2D eigenvalue weighted by molar-refractivity contribution is 5.62. The number of ether oxygens (including phenoxy) is 3. The summed E-state index contributed by atoms with van der Waals surface area (Å²) in [6.07, 6.45) is 0. The highest BCUT2D eigenvalue weighted by atomic mass is 16.5. The summed E-state index contributed by atoms with van der Waals surface area (Å²) in [6, 6.07) is 8.12. The Morgan fingerprint density at radius 3 is 2.80 bits per heavy atom. The number of aryl methyl sites for hydroxylation is 1. The number of nitrogens with one attached hydrogen (secondary N) is 2. The third-order valence-electron chi connectivity index (χ3n) is 5.58. The maximum Gasteiger partial charge on any atom is 0.222 e. The number of hydrogen-bond donors (Lipinski definition) is 2. The molecule has 30 heavy (non-hydrogen) atoms. The molecule has 8 nitrogen and oxygen atoms in total. The van der Waals surface area contributed by atoms with Crippen LogP contribution in [0.15, 0.2) is 33.9 Å². The summed E-state index contributed by atoms with van der Waals surface area (Å²) in [6.45, 7) is 8.83. The van der Waals surface area contributed by atoms with Gasteiger partial charge in [-0.3, -0.25) is 0 Å². The number of oxazole rings is 1. The van der Waals surface area contributed by atoms with Crippen LogP contribution in [0, 0.1) is 18.3 Å². The van der Waals surface area contributed by atoms with E-state index in [1.807, 2.05) is 25.1 Å². The Bertz CT molecular complexity index is 986. The van der Waals surface area contributed by atoms with Gasteiger partial charge in [-0.2, -0.15) is 5.26 Å². The van der Waals surface area contributed by atoms with Crippen molar-refractivity contribution in [3.8, 4) is 17.6 Å². The van der Waals surface area contributed by atoms with Crippen LogP contribution in [0.3, 0.4) is 0 Å². The molecule has 3 heterocycles. The number of nitriles is 1. The highest BCUT2D eigenvalue weighted by Crippen LogP contribution is 2.43. The molecule has 158 valence electrons. The van der Waals surface area contributed by atoms with E-state index in [2.05, 4.69) is 16.4 Å². The topological polar surface area (TPSA) is 94.0 Å². The zero-order chi connectivity index (χ0) is 21.1. The third-order valence-corrected chi connectivity index (χ3v) is 5.58. The number of quaternary nitrogens is 1. The zero-order valence-corrected chi connectivity index (χ0v) is 17.6. The Balaban J connectivity index is 1.56. The first-order valence-corrected chi connectivity index (χ1v) is 10.2. The molecule has 1 fully saturated rings. The molecule has 0 amide bonds. The number of methoxy groups -OCH3 is 1. The molecule has 0 spiro atoms. The number of allylic oxidation sites excluding steroid dienone is 2. The van der Waals surface area contributed by atoms with E-state index in [-0.39, 0.29) is 5.92 Å². The van der Waals surface area contributed by atoms with Crippen LogP contribution in [0.1, 0.15) is 30.0 Å². The van der Waals surface area contributed by atoms with E-state index in [1.54, 1.807) is 14.0 Å². The Hall–Kier alpha value is -3.02.